The van der Waals surface area contributed by atoms with Gasteiger partial charge in [-0.1, -0.05) is 6.92 Å². The lowest BCUT2D eigenvalue weighted by Gasteiger charge is -2.40. The number of nitrogens with zero attached hydrogens (tertiary/aromatic N) is 4. The number of ether oxygens (including phenoxy) is 2. The maximum Gasteiger partial charge on any atom is 0.422 e. The van der Waals surface area contributed by atoms with E-state index < -0.39 is 72.5 Å². The van der Waals surface area contributed by atoms with E-state index in [4.69, 9.17) is 9.84 Å². The van der Waals surface area contributed by atoms with Gasteiger partial charge < -0.3 is 19.9 Å². The van der Waals surface area contributed by atoms with Crippen LogP contribution in [0.15, 0.2) is 42.7 Å². The van der Waals surface area contributed by atoms with E-state index in [0.29, 0.717) is 18.2 Å². The predicted octanol–water partition coefficient (Wildman–Crippen LogP) is 7.81. The zero-order valence-electron chi connectivity index (χ0n) is 26.4. The van der Waals surface area contributed by atoms with Crippen LogP contribution >= 0.6 is 0 Å². The lowest BCUT2D eigenvalue weighted by atomic mass is 9.88. The van der Waals surface area contributed by atoms with Crippen molar-refractivity contribution in [2.24, 2.45) is 0 Å². The van der Waals surface area contributed by atoms with Gasteiger partial charge in [0, 0.05) is 30.6 Å². The number of anilines is 1. The number of amides is 1. The summed E-state index contributed by atoms with van der Waals surface area (Å²) >= 11 is 0. The first-order chi connectivity index (χ1) is 23.8. The number of fused-ring (bicyclic) bond motifs is 1. The summed E-state index contributed by atoms with van der Waals surface area (Å²) in [5.41, 5.74) is -3.55. The average molecular weight is 734 g/mol. The molecule has 1 aliphatic rings. The van der Waals surface area contributed by atoms with E-state index in [1.54, 1.807) is 13.0 Å². The molecule has 0 saturated heterocycles. The van der Waals surface area contributed by atoms with Crippen molar-refractivity contribution in [3.63, 3.8) is 0 Å². The van der Waals surface area contributed by atoms with E-state index in [-0.39, 0.29) is 66.2 Å². The molecular weight excluding hydrogens is 705 g/mol. The van der Waals surface area contributed by atoms with E-state index in [9.17, 15) is 54.4 Å². The fraction of sp³-hybridized carbons (Fsp3) is 0.406. The Balaban J connectivity index is 1.74. The summed E-state index contributed by atoms with van der Waals surface area (Å²) in [7, 11) is 0. The molecule has 1 aliphatic heterocycles. The largest absolute Gasteiger partial charge is 0.490 e. The number of halogens is 9. The third kappa shape index (κ3) is 9.78. The van der Waals surface area contributed by atoms with Gasteiger partial charge in [0.25, 0.3) is 0 Å². The minimum Gasteiger partial charge on any atom is -0.490 e. The zero-order valence-corrected chi connectivity index (χ0v) is 26.4. The van der Waals surface area contributed by atoms with Crippen molar-refractivity contribution in [1.29, 1.82) is 5.26 Å². The number of hydrogen-bond acceptors (Lipinski definition) is 8. The van der Waals surface area contributed by atoms with Crippen LogP contribution in [0.2, 0.25) is 0 Å². The van der Waals surface area contributed by atoms with Crippen LogP contribution in [0.1, 0.15) is 66.5 Å². The molecule has 4 rings (SSSR count). The van der Waals surface area contributed by atoms with Crippen LogP contribution in [-0.2, 0) is 28.4 Å². The molecule has 0 aliphatic carbocycles. The summed E-state index contributed by atoms with van der Waals surface area (Å²) in [6.07, 6.45) is -13.9. The molecule has 0 spiro atoms. The molecule has 0 fully saturated rings. The second-order valence-electron chi connectivity index (χ2n) is 11.3. The highest BCUT2D eigenvalue weighted by Crippen LogP contribution is 2.43. The number of aliphatic carboxylic acids is 1. The highest BCUT2D eigenvalue weighted by Gasteiger charge is 2.41. The van der Waals surface area contributed by atoms with Gasteiger partial charge in [0.15, 0.2) is 18.2 Å². The third-order valence-electron chi connectivity index (χ3n) is 7.75. The first kappa shape index (κ1) is 38.7. The van der Waals surface area contributed by atoms with E-state index in [2.05, 4.69) is 20.0 Å². The van der Waals surface area contributed by atoms with Gasteiger partial charge in [-0.25, -0.2) is 14.8 Å². The molecule has 3 aromatic rings. The van der Waals surface area contributed by atoms with Gasteiger partial charge in [-0.3, -0.25) is 9.69 Å². The SMILES string of the molecule is CC[C@@H]1C[C@H](NCc2cc(C(F)(F)F)cc(C#N)c2-c2ncc(OCCCC(=O)O)cn2)c2cc(C(F)(F)F)ccc2N1C(=O)OCC(F)(F)F. The molecule has 1 amide bonds. The van der Waals surface area contributed by atoms with Crippen LogP contribution in [0.5, 0.6) is 5.75 Å². The van der Waals surface area contributed by atoms with Crippen LogP contribution < -0.4 is 15.0 Å². The third-order valence-corrected chi connectivity index (χ3v) is 7.75. The van der Waals surface area contributed by atoms with E-state index in [1.807, 2.05) is 0 Å². The van der Waals surface area contributed by atoms with Crippen LogP contribution in [-0.4, -0.2) is 52.6 Å². The van der Waals surface area contributed by atoms with Crippen molar-refractivity contribution in [2.75, 3.05) is 18.1 Å². The molecule has 2 heterocycles. The second kappa shape index (κ2) is 15.4. The van der Waals surface area contributed by atoms with Crippen LogP contribution in [0.25, 0.3) is 11.4 Å². The van der Waals surface area contributed by atoms with Gasteiger partial charge in [0.1, 0.15) is 0 Å². The molecule has 1 aromatic heterocycles. The fourth-order valence-corrected chi connectivity index (χ4v) is 5.46. The van der Waals surface area contributed by atoms with Gasteiger partial charge in [0.2, 0.25) is 0 Å². The van der Waals surface area contributed by atoms with Crippen molar-refractivity contribution in [3.05, 3.63) is 70.5 Å². The van der Waals surface area contributed by atoms with Gasteiger partial charge in [-0.2, -0.15) is 44.8 Å². The minimum absolute atomic E-state index is 0.0109. The molecule has 0 bridgehead atoms. The van der Waals surface area contributed by atoms with E-state index in [1.165, 1.54) is 0 Å². The predicted molar refractivity (Wildman–Crippen MR) is 159 cm³/mol. The number of benzene rings is 2. The number of rotatable bonds is 11. The van der Waals surface area contributed by atoms with E-state index >= 15 is 0 Å². The summed E-state index contributed by atoms with van der Waals surface area (Å²) < 4.78 is 131. The summed E-state index contributed by atoms with van der Waals surface area (Å²) in [6, 6.07) is 3.23. The summed E-state index contributed by atoms with van der Waals surface area (Å²) in [5, 5.41) is 21.5. The molecule has 274 valence electrons. The zero-order chi connectivity index (χ0) is 37.7. The molecule has 10 nitrogen and oxygen atoms in total. The molecule has 0 saturated carbocycles. The Kier molecular flexibility index (Phi) is 11.7. The quantitative estimate of drug-likeness (QED) is 0.149. The maximum absolute atomic E-state index is 13.9. The molecule has 19 heteroatoms. The summed E-state index contributed by atoms with van der Waals surface area (Å²) in [5.74, 6) is -1.15. The Morgan fingerprint density at radius 2 is 1.69 bits per heavy atom. The highest BCUT2D eigenvalue weighted by atomic mass is 19.4. The fourth-order valence-electron chi connectivity index (χ4n) is 5.46. The highest BCUT2D eigenvalue weighted by molar-refractivity contribution is 5.90. The van der Waals surface area contributed by atoms with Gasteiger partial charge >= 0.3 is 30.6 Å². The Hall–Kier alpha value is -5.12. The number of nitrogens with one attached hydrogen (secondary N) is 1. The Bertz CT molecular complexity index is 1770. The van der Waals surface area contributed by atoms with Crippen molar-refractivity contribution < 1.29 is 63.7 Å². The maximum atomic E-state index is 13.9. The first-order valence-corrected chi connectivity index (χ1v) is 15.1. The Labute approximate surface area is 283 Å². The Morgan fingerprint density at radius 1 is 1.02 bits per heavy atom. The molecule has 2 atom stereocenters. The van der Waals surface area contributed by atoms with Crippen LogP contribution in [0, 0.1) is 11.3 Å². The van der Waals surface area contributed by atoms with Gasteiger partial charge in [-0.05, 0) is 60.7 Å². The van der Waals surface area contributed by atoms with Crippen molar-refractivity contribution in [2.45, 2.75) is 69.8 Å². The first-order valence-electron chi connectivity index (χ1n) is 15.1. The lowest BCUT2D eigenvalue weighted by Crippen LogP contribution is -2.47. The molecule has 0 unspecified atom stereocenters. The topological polar surface area (TPSA) is 138 Å². The molecule has 51 heavy (non-hydrogen) atoms. The molecule has 0 radical (unpaired) electrons. The van der Waals surface area contributed by atoms with Crippen LogP contribution in [0.4, 0.5) is 50.0 Å². The van der Waals surface area contributed by atoms with Gasteiger partial charge in [0.05, 0.1) is 47.4 Å². The van der Waals surface area contributed by atoms with E-state index in [0.717, 1.165) is 29.4 Å². The lowest BCUT2D eigenvalue weighted by molar-refractivity contribution is -0.160. The van der Waals surface area contributed by atoms with Gasteiger partial charge in [-0.15, -0.1) is 0 Å². The van der Waals surface area contributed by atoms with Crippen molar-refractivity contribution in [1.82, 2.24) is 15.3 Å². The van der Waals surface area contributed by atoms with Crippen molar-refractivity contribution in [3.8, 4) is 23.2 Å². The number of carboxylic acid groups (broad SMARTS) is 1. The Morgan fingerprint density at radius 3 is 2.25 bits per heavy atom. The number of nitriles is 1. The minimum atomic E-state index is -4.92. The molecule has 2 N–H and O–H groups in total. The standard InChI is InChI=1S/C32H28F9N5O5/c1-2-21-11-24(23-10-19(31(36,37)38)5-6-25(23)46(21)29(49)51-16-30(33,34)35)43-13-18-9-20(32(39,40)41)8-17(12-42)27(18)28-44-14-22(15-45-28)50-7-3-4-26(47)48/h5-6,8-10,14-15,21,24,43H,2-4,7,11,13,16H2,1H3,(H,47,48)/t21-,24+/m1/s1. The van der Waals surface area contributed by atoms with Crippen LogP contribution in [0.3, 0.4) is 0 Å². The number of carbonyl (C=O) groups is 2. The number of aromatic nitrogens is 2. The normalized spacial score (nSPS) is 16.3. The second-order valence-corrected chi connectivity index (χ2v) is 11.3. The monoisotopic (exact) mass is 733 g/mol. The number of carbonyl (C=O) groups excluding carboxylic acids is 1. The molecule has 2 aromatic carbocycles. The summed E-state index contributed by atoms with van der Waals surface area (Å²) in [6.45, 7) is -0.888. The number of hydrogen-bond donors (Lipinski definition) is 2. The number of alkyl halides is 9. The smallest absolute Gasteiger partial charge is 0.422 e. The number of carboxylic acids is 1. The molecular formula is C32H28F9N5O5. The summed E-state index contributed by atoms with van der Waals surface area (Å²) in [4.78, 5) is 32.6. The van der Waals surface area contributed by atoms with Crippen molar-refractivity contribution >= 4 is 17.7 Å². The average Bonchev–Trinajstić information content (AvgIpc) is 3.06.